The minimum absolute atomic E-state index is 0.0298. The summed E-state index contributed by atoms with van der Waals surface area (Å²) >= 11 is 0. The maximum atomic E-state index is 6.18. The highest BCUT2D eigenvalue weighted by molar-refractivity contribution is 7.57. The van der Waals surface area contributed by atoms with Gasteiger partial charge in [-0.05, 0) is 24.0 Å². The molecule has 0 bridgehead atoms. The van der Waals surface area contributed by atoms with E-state index in [4.69, 9.17) is 5.73 Å². The highest BCUT2D eigenvalue weighted by Gasteiger charge is 2.14. The molecule has 0 fully saturated rings. The van der Waals surface area contributed by atoms with Crippen LogP contribution in [0.2, 0.25) is 0 Å². The van der Waals surface area contributed by atoms with E-state index in [0.717, 1.165) is 0 Å². The zero-order valence-electron chi connectivity index (χ0n) is 8.33. The lowest BCUT2D eigenvalue weighted by atomic mass is 10.2. The van der Waals surface area contributed by atoms with E-state index in [1.807, 2.05) is 12.1 Å². The van der Waals surface area contributed by atoms with E-state index < -0.39 is 0 Å². The number of hydrogen-bond acceptors (Lipinski definition) is 1. The molecule has 0 saturated heterocycles. The maximum absolute atomic E-state index is 6.18. The molecule has 0 aromatic heterocycles. The van der Waals surface area contributed by atoms with E-state index >= 15 is 0 Å². The van der Waals surface area contributed by atoms with Gasteiger partial charge >= 0.3 is 0 Å². The molecule has 1 aromatic rings. The molecule has 0 saturated carbocycles. The Hall–Kier alpha value is -0.390. The first-order valence-electron chi connectivity index (χ1n) is 4.75. The van der Waals surface area contributed by atoms with Crippen molar-refractivity contribution in [3.05, 3.63) is 35.9 Å². The standard InChI is InChI=1S/C11H17NP/c1-3-13(4-2)11(12)10-8-6-5-7-9-10/h6-9,11H,3-4,12H2,1-2H3. The summed E-state index contributed by atoms with van der Waals surface area (Å²) < 4.78 is 0. The lowest BCUT2D eigenvalue weighted by Gasteiger charge is -2.21. The van der Waals surface area contributed by atoms with Crippen LogP contribution in [-0.4, -0.2) is 12.3 Å². The van der Waals surface area contributed by atoms with Gasteiger partial charge in [0.15, 0.2) is 0 Å². The Morgan fingerprint density at radius 2 is 1.85 bits per heavy atom. The highest BCUT2D eigenvalue weighted by atomic mass is 31.1. The Balaban J connectivity index is 2.72. The van der Waals surface area contributed by atoms with Crippen LogP contribution in [0.5, 0.6) is 0 Å². The second-order valence-corrected chi connectivity index (χ2v) is 6.00. The second kappa shape index (κ2) is 5.36. The third kappa shape index (κ3) is 2.79. The van der Waals surface area contributed by atoms with Crippen molar-refractivity contribution in [1.29, 1.82) is 0 Å². The lowest BCUT2D eigenvalue weighted by molar-refractivity contribution is 1.00. The van der Waals surface area contributed by atoms with Gasteiger partial charge in [0.05, 0.1) is 0 Å². The molecule has 1 atom stereocenters. The van der Waals surface area contributed by atoms with E-state index in [-0.39, 0.29) is 13.7 Å². The Bertz CT molecular complexity index is 231. The molecule has 0 spiro atoms. The summed E-state index contributed by atoms with van der Waals surface area (Å²) in [5.41, 5.74) is 7.43. The van der Waals surface area contributed by atoms with Crippen molar-refractivity contribution in [2.45, 2.75) is 19.6 Å². The average Bonchev–Trinajstić information content (AvgIpc) is 2.21. The Morgan fingerprint density at radius 3 is 2.31 bits per heavy atom. The van der Waals surface area contributed by atoms with Gasteiger partial charge in [-0.25, -0.2) is 0 Å². The summed E-state index contributed by atoms with van der Waals surface area (Å²) in [6.07, 6.45) is 2.43. The first-order valence-corrected chi connectivity index (χ1v) is 6.53. The van der Waals surface area contributed by atoms with Crippen LogP contribution < -0.4 is 5.73 Å². The summed E-state index contributed by atoms with van der Waals surface area (Å²) in [4.78, 5) is 0. The molecule has 0 aliphatic rings. The molecular formula is C11H17NP. The molecule has 1 aromatic carbocycles. The molecule has 0 heterocycles. The number of rotatable bonds is 4. The van der Waals surface area contributed by atoms with E-state index in [9.17, 15) is 0 Å². The Morgan fingerprint density at radius 1 is 1.31 bits per heavy atom. The summed E-state index contributed by atoms with van der Waals surface area (Å²) in [5.74, 6) is 0.250. The molecule has 1 radical (unpaired) electrons. The van der Waals surface area contributed by atoms with Crippen LogP contribution in [0.15, 0.2) is 24.3 Å². The fraction of sp³-hybridized carbons (Fsp3) is 0.455. The van der Waals surface area contributed by atoms with Gasteiger partial charge in [0.2, 0.25) is 0 Å². The van der Waals surface area contributed by atoms with Gasteiger partial charge in [-0.1, -0.05) is 46.0 Å². The van der Waals surface area contributed by atoms with Crippen molar-refractivity contribution in [3.8, 4) is 0 Å². The Labute approximate surface area is 82.1 Å². The van der Waals surface area contributed by atoms with Crippen molar-refractivity contribution in [1.82, 2.24) is 0 Å². The normalized spacial score (nSPS) is 13.2. The fourth-order valence-corrected chi connectivity index (χ4v) is 3.25. The molecule has 1 unspecified atom stereocenters. The monoisotopic (exact) mass is 194 g/mol. The Kier molecular flexibility index (Phi) is 4.41. The van der Waals surface area contributed by atoms with Gasteiger partial charge in [-0.15, -0.1) is 0 Å². The molecule has 0 aliphatic heterocycles. The third-order valence-corrected chi connectivity index (χ3v) is 5.00. The summed E-state index contributed by atoms with van der Waals surface area (Å²) in [6, 6.07) is 11.0. The minimum Gasteiger partial charge on any atom is -0.320 e. The number of hydrogen-bond donors (Lipinski definition) is 1. The molecule has 71 valence electrons. The molecular weight excluding hydrogens is 177 g/mol. The largest absolute Gasteiger partial charge is 0.320 e. The van der Waals surface area contributed by atoms with Crippen molar-refractivity contribution in [3.63, 3.8) is 0 Å². The predicted octanol–water partition coefficient (Wildman–Crippen LogP) is 2.97. The molecule has 0 aliphatic carbocycles. The van der Waals surface area contributed by atoms with Gasteiger partial charge in [-0.2, -0.15) is 0 Å². The van der Waals surface area contributed by atoms with Crippen LogP contribution in [0.1, 0.15) is 25.2 Å². The fourth-order valence-electron chi connectivity index (χ4n) is 1.42. The first kappa shape index (κ1) is 10.7. The van der Waals surface area contributed by atoms with Crippen LogP contribution in [0, 0.1) is 6.07 Å². The molecule has 2 heteroatoms. The topological polar surface area (TPSA) is 26.0 Å². The van der Waals surface area contributed by atoms with Gasteiger partial charge in [0.25, 0.3) is 0 Å². The van der Waals surface area contributed by atoms with E-state index in [0.29, 0.717) is 0 Å². The summed E-state index contributed by atoms with van der Waals surface area (Å²) in [5, 5.41) is 0. The van der Waals surface area contributed by atoms with Crippen LogP contribution in [0.25, 0.3) is 0 Å². The summed E-state index contributed by atoms with van der Waals surface area (Å²) in [6.45, 7) is 4.45. The van der Waals surface area contributed by atoms with E-state index in [1.165, 1.54) is 17.9 Å². The maximum Gasteiger partial charge on any atom is 0.0496 e. The van der Waals surface area contributed by atoms with Crippen LogP contribution >= 0.6 is 7.92 Å². The van der Waals surface area contributed by atoms with Crippen molar-refractivity contribution in [2.24, 2.45) is 5.73 Å². The van der Waals surface area contributed by atoms with Crippen molar-refractivity contribution in [2.75, 3.05) is 12.3 Å². The minimum atomic E-state index is -0.0298. The molecule has 1 nitrogen and oxygen atoms in total. The van der Waals surface area contributed by atoms with E-state index in [2.05, 4.69) is 32.0 Å². The van der Waals surface area contributed by atoms with Crippen LogP contribution in [-0.2, 0) is 0 Å². The second-order valence-electron chi connectivity index (χ2n) is 3.00. The summed E-state index contributed by atoms with van der Waals surface area (Å²) in [7, 11) is -0.0298. The predicted molar refractivity (Wildman–Crippen MR) is 60.2 cm³/mol. The SMILES string of the molecule is CCP(CC)C(N)c1cc[c]cc1. The number of nitrogens with two attached hydrogens (primary N) is 1. The highest BCUT2D eigenvalue weighted by Crippen LogP contribution is 2.46. The molecule has 13 heavy (non-hydrogen) atoms. The zero-order valence-corrected chi connectivity index (χ0v) is 9.22. The van der Waals surface area contributed by atoms with Gasteiger partial charge in [0, 0.05) is 5.78 Å². The lowest BCUT2D eigenvalue weighted by Crippen LogP contribution is -2.10. The van der Waals surface area contributed by atoms with Crippen LogP contribution in [0.3, 0.4) is 0 Å². The van der Waals surface area contributed by atoms with Crippen molar-refractivity contribution < 1.29 is 0 Å². The van der Waals surface area contributed by atoms with Gasteiger partial charge in [0.1, 0.15) is 0 Å². The molecule has 0 amide bonds. The molecule has 1 rings (SSSR count). The number of benzene rings is 1. The zero-order chi connectivity index (χ0) is 9.68. The third-order valence-electron chi connectivity index (χ3n) is 2.29. The smallest absolute Gasteiger partial charge is 0.0496 e. The van der Waals surface area contributed by atoms with Gasteiger partial charge in [-0.3, -0.25) is 0 Å². The van der Waals surface area contributed by atoms with Gasteiger partial charge < -0.3 is 5.73 Å². The van der Waals surface area contributed by atoms with E-state index in [1.54, 1.807) is 0 Å². The average molecular weight is 194 g/mol. The quantitative estimate of drug-likeness (QED) is 0.733. The van der Waals surface area contributed by atoms with Crippen molar-refractivity contribution >= 4 is 7.92 Å². The molecule has 2 N–H and O–H groups in total. The first-order chi connectivity index (χ1) is 6.29. The van der Waals surface area contributed by atoms with Crippen LogP contribution in [0.4, 0.5) is 0 Å².